The van der Waals surface area contributed by atoms with Crippen LogP contribution in [0.15, 0.2) is 12.1 Å². The van der Waals surface area contributed by atoms with Gasteiger partial charge >= 0.3 is 12.7 Å². The number of aryl methyl sites for hydroxylation is 1. The molecule has 1 aromatic rings. The number of carbonyl (C=O) groups excluding carboxylic acids is 1. The molecule has 2 saturated heterocycles. The van der Waals surface area contributed by atoms with Crippen LogP contribution >= 0.6 is 0 Å². The monoisotopic (exact) mass is 391 g/mol. The lowest BCUT2D eigenvalue weighted by Gasteiger charge is -2.42. The van der Waals surface area contributed by atoms with Gasteiger partial charge in [-0.1, -0.05) is 12.4 Å². The van der Waals surface area contributed by atoms with Gasteiger partial charge in [0.25, 0.3) is 0 Å². The van der Waals surface area contributed by atoms with Gasteiger partial charge in [0.2, 0.25) is 5.91 Å². The fourth-order valence-electron chi connectivity index (χ4n) is 4.02. The third-order valence-corrected chi connectivity index (χ3v) is 5.61. The Balaban J connectivity index is 1.45. The van der Waals surface area contributed by atoms with Gasteiger partial charge in [-0.2, -0.15) is 0 Å². The first-order valence-corrected chi connectivity index (χ1v) is 9.69. The van der Waals surface area contributed by atoms with Crippen LogP contribution in [0, 0.1) is 5.92 Å². The fourth-order valence-corrected chi connectivity index (χ4v) is 4.02. The van der Waals surface area contributed by atoms with E-state index in [0.29, 0.717) is 31.6 Å². The van der Waals surface area contributed by atoms with E-state index in [4.69, 9.17) is 9.39 Å². The molecule has 1 aromatic carbocycles. The lowest BCUT2D eigenvalue weighted by Crippen LogP contribution is -2.58. The highest BCUT2D eigenvalue weighted by molar-refractivity contribution is 6.59. The van der Waals surface area contributed by atoms with Crippen molar-refractivity contribution in [1.29, 1.82) is 0 Å². The normalized spacial score (nSPS) is 23.9. The zero-order valence-corrected chi connectivity index (χ0v) is 15.5. The van der Waals surface area contributed by atoms with Crippen LogP contribution in [0.4, 0.5) is 0 Å². The summed E-state index contributed by atoms with van der Waals surface area (Å²) in [7, 11) is 0. The number of piperidine rings is 1. The summed E-state index contributed by atoms with van der Waals surface area (Å²) >= 11 is 0. The molecule has 3 heterocycles. The average Bonchev–Trinajstić information content (AvgIpc) is 2.63. The van der Waals surface area contributed by atoms with Crippen LogP contribution in [0.2, 0.25) is 6.32 Å². The highest BCUT2D eigenvalue weighted by Crippen LogP contribution is 2.39. The van der Waals surface area contributed by atoms with Crippen molar-refractivity contribution in [2.75, 3.05) is 26.2 Å². The van der Waals surface area contributed by atoms with Crippen molar-refractivity contribution in [2.24, 2.45) is 5.92 Å². The zero-order valence-electron chi connectivity index (χ0n) is 15.5. The average molecular weight is 391 g/mol. The first-order chi connectivity index (χ1) is 13.3. The van der Waals surface area contributed by atoms with Crippen molar-refractivity contribution in [3.63, 3.8) is 0 Å². The number of amides is 1. The highest BCUT2D eigenvalue weighted by atomic mass is 16.6. The minimum Gasteiger partial charge on any atom is -0.669 e. The lowest BCUT2D eigenvalue weighted by molar-refractivity contribution is -0.145. The number of carboxylic acids is 1. The van der Waals surface area contributed by atoms with Crippen molar-refractivity contribution >= 4 is 18.6 Å². The van der Waals surface area contributed by atoms with Crippen molar-refractivity contribution < 1.29 is 34.1 Å². The molecule has 1 atom stereocenters. The van der Waals surface area contributed by atoms with Crippen LogP contribution in [-0.4, -0.2) is 71.0 Å². The number of aromatic carboxylic acids is 1. The molecule has 3 aliphatic heterocycles. The Bertz CT molecular complexity index is 788. The minimum absolute atomic E-state index is 0.00844. The van der Waals surface area contributed by atoms with Crippen LogP contribution in [0.1, 0.15) is 28.8 Å². The number of hydrogen-bond acceptors (Lipinski definition) is 7. The van der Waals surface area contributed by atoms with Crippen LogP contribution in [0.5, 0.6) is 11.5 Å². The van der Waals surface area contributed by atoms with Crippen molar-refractivity contribution in [1.82, 2.24) is 10.2 Å². The number of nitrogens with zero attached hydrogens (tertiary/aromatic N) is 1. The number of rotatable bonds is 4. The smallest absolute Gasteiger partial charge is 0.430 e. The van der Waals surface area contributed by atoms with E-state index in [-0.39, 0.29) is 41.3 Å². The Kier molecular flexibility index (Phi) is 4.94. The molecule has 0 saturated carbocycles. The molecule has 1 amide bonds. The third-order valence-electron chi connectivity index (χ3n) is 5.61. The molecule has 28 heavy (non-hydrogen) atoms. The zero-order chi connectivity index (χ0) is 19.9. The maximum absolute atomic E-state index is 12.5. The van der Waals surface area contributed by atoms with Gasteiger partial charge in [-0.05, 0) is 37.4 Å². The van der Waals surface area contributed by atoms with Gasteiger partial charge in [-0.3, -0.25) is 4.79 Å². The molecule has 0 aromatic heterocycles. The summed E-state index contributed by atoms with van der Waals surface area (Å²) in [6, 6.07) is 3.24. The molecule has 4 N–H and O–H groups in total. The molecule has 3 aliphatic rings. The predicted octanol–water partition coefficient (Wildman–Crippen LogP) is -0.168. The van der Waals surface area contributed by atoms with Gasteiger partial charge in [0.1, 0.15) is 17.4 Å². The standard InChI is InChI=1S/C18H24BN2O7/c22-17(12-2-1-7-20-8-12)21-9-13(10-21)27-14-4-3-11-5-6-19(25,26)28-16(11)15(14)18(23)24/h3-4,12-13,20,25-26H,1-2,5-10H2,(H,23,24)/q-1. The van der Waals surface area contributed by atoms with Gasteiger partial charge in [-0.15, -0.1) is 0 Å². The topological polar surface area (TPSA) is 129 Å². The number of nitrogens with one attached hydrogen (secondary N) is 1. The van der Waals surface area contributed by atoms with E-state index in [9.17, 15) is 24.7 Å². The van der Waals surface area contributed by atoms with E-state index in [0.717, 1.165) is 19.4 Å². The van der Waals surface area contributed by atoms with E-state index >= 15 is 0 Å². The van der Waals surface area contributed by atoms with Crippen molar-refractivity contribution in [3.05, 3.63) is 23.3 Å². The highest BCUT2D eigenvalue weighted by Gasteiger charge is 2.38. The summed E-state index contributed by atoms with van der Waals surface area (Å²) in [5, 5.41) is 32.4. The van der Waals surface area contributed by atoms with Crippen molar-refractivity contribution in [2.45, 2.75) is 31.7 Å². The largest absolute Gasteiger partial charge is 0.669 e. The second-order valence-corrected chi connectivity index (χ2v) is 7.77. The Morgan fingerprint density at radius 3 is 2.75 bits per heavy atom. The Morgan fingerprint density at radius 1 is 1.29 bits per heavy atom. The first kappa shape index (κ1) is 19.0. The van der Waals surface area contributed by atoms with Crippen molar-refractivity contribution in [3.8, 4) is 11.5 Å². The minimum atomic E-state index is -3.07. The summed E-state index contributed by atoms with van der Waals surface area (Å²) < 4.78 is 11.0. The molecule has 0 bridgehead atoms. The second-order valence-electron chi connectivity index (χ2n) is 7.77. The Morgan fingerprint density at radius 2 is 2.07 bits per heavy atom. The maximum atomic E-state index is 12.5. The molecule has 0 spiro atoms. The number of carbonyl (C=O) groups is 2. The molecule has 1 unspecified atom stereocenters. The van der Waals surface area contributed by atoms with Gasteiger partial charge < -0.3 is 34.8 Å². The van der Waals surface area contributed by atoms with E-state index in [1.807, 2.05) is 0 Å². The molecule has 4 rings (SSSR count). The third kappa shape index (κ3) is 3.67. The van der Waals surface area contributed by atoms with E-state index in [1.54, 1.807) is 17.0 Å². The fraction of sp³-hybridized carbons (Fsp3) is 0.556. The Hall–Kier alpha value is -2.30. The van der Waals surface area contributed by atoms with Crippen LogP contribution in [0.3, 0.4) is 0 Å². The maximum Gasteiger partial charge on any atom is 0.430 e. The number of carboxylic acid groups (broad SMARTS) is 1. The molecule has 152 valence electrons. The number of ether oxygens (including phenoxy) is 1. The molecule has 0 aliphatic carbocycles. The van der Waals surface area contributed by atoms with Crippen LogP contribution in [0.25, 0.3) is 0 Å². The van der Waals surface area contributed by atoms with E-state index in [2.05, 4.69) is 5.32 Å². The number of likely N-dealkylation sites (tertiary alicyclic amines) is 1. The Labute approximate surface area is 162 Å². The van der Waals surface area contributed by atoms with E-state index in [1.165, 1.54) is 0 Å². The van der Waals surface area contributed by atoms with Crippen LogP contribution in [-0.2, 0) is 11.2 Å². The summed E-state index contributed by atoms with van der Waals surface area (Å²) in [5.74, 6) is -1.11. The molecule has 9 nitrogen and oxygen atoms in total. The number of hydrogen-bond donors (Lipinski definition) is 4. The van der Waals surface area contributed by atoms with Gasteiger partial charge in [-0.25, -0.2) is 4.79 Å². The van der Waals surface area contributed by atoms with Gasteiger partial charge in [0, 0.05) is 6.54 Å². The predicted molar refractivity (Wildman–Crippen MR) is 99.3 cm³/mol. The van der Waals surface area contributed by atoms with Crippen LogP contribution < -0.4 is 14.7 Å². The van der Waals surface area contributed by atoms with Gasteiger partial charge in [0.15, 0.2) is 0 Å². The molecular formula is C18H24BN2O7-. The summed E-state index contributed by atoms with van der Waals surface area (Å²) in [6.45, 7) is -0.633. The molecule has 0 radical (unpaired) electrons. The number of fused-ring (bicyclic) bond motifs is 1. The van der Waals surface area contributed by atoms with E-state index < -0.39 is 12.7 Å². The second kappa shape index (κ2) is 7.27. The van der Waals surface area contributed by atoms with Gasteiger partial charge in [0.05, 0.1) is 24.8 Å². The quantitative estimate of drug-likeness (QED) is 0.521. The SMILES string of the molecule is O=C(O)c1c(OC2CN(C(=O)C3CCCNC3)C2)ccc2c1O[B-](O)(O)CC2. The summed E-state index contributed by atoms with van der Waals surface area (Å²) in [5.41, 5.74) is 0.383. The molecule has 2 fully saturated rings. The summed E-state index contributed by atoms with van der Waals surface area (Å²) in [4.78, 5) is 26.0. The first-order valence-electron chi connectivity index (χ1n) is 9.69. The molecular weight excluding hydrogens is 367 g/mol. The molecule has 10 heteroatoms. The summed E-state index contributed by atoms with van der Waals surface area (Å²) in [6.07, 6.45) is 1.88. The number of benzene rings is 1. The lowest BCUT2D eigenvalue weighted by atomic mass is 9.70.